The maximum absolute atomic E-state index is 12.9. The molecule has 23 heavy (non-hydrogen) atoms. The van der Waals surface area contributed by atoms with Crippen LogP contribution in [-0.2, 0) is 19.7 Å². The molecule has 0 N–H and O–H groups in total. The number of benzene rings is 2. The molecule has 124 valence electrons. The summed E-state index contributed by atoms with van der Waals surface area (Å²) in [5, 5.41) is 0. The Morgan fingerprint density at radius 3 is 2.09 bits per heavy atom. The Labute approximate surface area is 136 Å². The van der Waals surface area contributed by atoms with E-state index in [0.717, 1.165) is 23.4 Å². The summed E-state index contributed by atoms with van der Waals surface area (Å²) >= 11 is 0. The van der Waals surface area contributed by atoms with Crippen molar-refractivity contribution in [3.63, 3.8) is 0 Å². The fraction of sp³-hybridized carbons (Fsp3) is 0.294. The lowest BCUT2D eigenvalue weighted by atomic mass is 9.86. The Morgan fingerprint density at radius 1 is 1.00 bits per heavy atom. The van der Waals surface area contributed by atoms with Gasteiger partial charge in [-0.1, -0.05) is 26.0 Å². The van der Waals surface area contributed by atoms with Gasteiger partial charge in [0.05, 0.1) is 18.6 Å². The van der Waals surface area contributed by atoms with Crippen LogP contribution < -0.4 is 4.74 Å². The first-order valence-corrected chi connectivity index (χ1v) is 8.45. The zero-order valence-electron chi connectivity index (χ0n) is 13.2. The molecule has 0 saturated carbocycles. The second-order valence-corrected chi connectivity index (χ2v) is 7.40. The highest BCUT2D eigenvalue weighted by atomic mass is 32.2. The number of rotatable bonds is 6. The summed E-state index contributed by atoms with van der Waals surface area (Å²) in [7, 11) is -2.34. The normalized spacial score (nSPS) is 12.2. The van der Waals surface area contributed by atoms with Gasteiger partial charge >= 0.3 is 0 Å². The van der Waals surface area contributed by atoms with Gasteiger partial charge < -0.3 is 4.74 Å². The van der Waals surface area contributed by atoms with Crippen molar-refractivity contribution in [2.75, 3.05) is 13.7 Å². The first kappa shape index (κ1) is 17.4. The van der Waals surface area contributed by atoms with Crippen molar-refractivity contribution in [3.05, 3.63) is 59.9 Å². The summed E-state index contributed by atoms with van der Waals surface area (Å²) in [5.74, 6) is 0.229. The van der Waals surface area contributed by atoms with E-state index in [-0.39, 0.29) is 11.5 Å². The molecule has 2 aromatic rings. The summed E-state index contributed by atoms with van der Waals surface area (Å²) < 4.78 is 47.5. The molecular formula is C17H19FO4S. The summed E-state index contributed by atoms with van der Waals surface area (Å²) in [6, 6.07) is 11.9. The van der Waals surface area contributed by atoms with Gasteiger partial charge in [0.15, 0.2) is 0 Å². The predicted molar refractivity (Wildman–Crippen MR) is 85.6 cm³/mol. The molecule has 0 heterocycles. The molecule has 0 radical (unpaired) electrons. The van der Waals surface area contributed by atoms with E-state index in [0.29, 0.717) is 0 Å². The molecule has 0 saturated heterocycles. The van der Waals surface area contributed by atoms with Gasteiger partial charge in [-0.2, -0.15) is 8.42 Å². The van der Waals surface area contributed by atoms with Crippen LogP contribution in [0.3, 0.4) is 0 Å². The van der Waals surface area contributed by atoms with E-state index in [1.165, 1.54) is 12.1 Å². The SMILES string of the molecule is COc1ccc(C(C)(C)COS(=O)(=O)c2ccc(F)cc2)cc1. The van der Waals surface area contributed by atoms with Gasteiger partial charge in [0.25, 0.3) is 10.1 Å². The molecule has 0 fully saturated rings. The number of hydrogen-bond donors (Lipinski definition) is 0. The Hall–Kier alpha value is -1.92. The van der Waals surface area contributed by atoms with Gasteiger partial charge in [-0.3, -0.25) is 4.18 Å². The average Bonchev–Trinajstić information content (AvgIpc) is 2.54. The molecule has 0 amide bonds. The molecule has 2 aromatic carbocycles. The van der Waals surface area contributed by atoms with E-state index in [1.54, 1.807) is 7.11 Å². The Bertz CT molecular complexity index is 750. The van der Waals surface area contributed by atoms with Gasteiger partial charge in [0.1, 0.15) is 11.6 Å². The van der Waals surface area contributed by atoms with Gasteiger partial charge in [0.2, 0.25) is 0 Å². The van der Waals surface area contributed by atoms with E-state index in [9.17, 15) is 12.8 Å². The van der Waals surface area contributed by atoms with Crippen molar-refractivity contribution in [3.8, 4) is 5.75 Å². The molecule has 0 aliphatic heterocycles. The fourth-order valence-corrected chi connectivity index (χ4v) is 3.08. The highest BCUT2D eigenvalue weighted by Gasteiger charge is 2.25. The number of halogens is 1. The lowest BCUT2D eigenvalue weighted by Crippen LogP contribution is -2.26. The number of methoxy groups -OCH3 is 1. The zero-order chi connectivity index (χ0) is 17.1. The average molecular weight is 338 g/mol. The van der Waals surface area contributed by atoms with Crippen LogP contribution in [-0.4, -0.2) is 22.1 Å². The van der Waals surface area contributed by atoms with Crippen LogP contribution in [0, 0.1) is 5.82 Å². The number of ether oxygens (including phenoxy) is 1. The summed E-state index contributed by atoms with van der Waals surface area (Å²) in [6.45, 7) is 3.74. The van der Waals surface area contributed by atoms with Gasteiger partial charge in [-0.15, -0.1) is 0 Å². The van der Waals surface area contributed by atoms with Gasteiger partial charge in [0, 0.05) is 5.41 Å². The van der Waals surface area contributed by atoms with E-state index in [1.807, 2.05) is 38.1 Å². The second-order valence-electron chi connectivity index (χ2n) is 5.78. The second kappa shape index (κ2) is 6.68. The predicted octanol–water partition coefficient (Wildman–Crippen LogP) is 3.52. The highest BCUT2D eigenvalue weighted by Crippen LogP contribution is 2.27. The molecule has 4 nitrogen and oxygen atoms in total. The van der Waals surface area contributed by atoms with E-state index in [2.05, 4.69) is 0 Å². The van der Waals surface area contributed by atoms with Crippen molar-refractivity contribution in [2.45, 2.75) is 24.2 Å². The van der Waals surface area contributed by atoms with Crippen LogP contribution in [0.2, 0.25) is 0 Å². The standard InChI is InChI=1S/C17H19FO4S/c1-17(2,13-4-8-15(21-3)9-5-13)12-22-23(19,20)16-10-6-14(18)7-11-16/h4-11H,12H2,1-3H3. The molecule has 0 aromatic heterocycles. The molecule has 0 atom stereocenters. The minimum atomic E-state index is -3.92. The Balaban J connectivity index is 2.12. The third-order valence-electron chi connectivity index (χ3n) is 3.55. The van der Waals surface area contributed by atoms with E-state index < -0.39 is 21.4 Å². The van der Waals surface area contributed by atoms with E-state index >= 15 is 0 Å². The van der Waals surface area contributed by atoms with Crippen LogP contribution >= 0.6 is 0 Å². The van der Waals surface area contributed by atoms with Crippen molar-refractivity contribution in [2.24, 2.45) is 0 Å². The summed E-state index contributed by atoms with van der Waals surface area (Å²) in [4.78, 5) is -0.0653. The third kappa shape index (κ3) is 4.30. The highest BCUT2D eigenvalue weighted by molar-refractivity contribution is 7.86. The summed E-state index contributed by atoms with van der Waals surface area (Å²) in [5.41, 5.74) is 0.409. The fourth-order valence-electron chi connectivity index (χ4n) is 2.02. The topological polar surface area (TPSA) is 52.6 Å². The minimum Gasteiger partial charge on any atom is -0.497 e. The zero-order valence-corrected chi connectivity index (χ0v) is 14.1. The first-order chi connectivity index (χ1) is 10.7. The van der Waals surface area contributed by atoms with Gasteiger partial charge in [-0.05, 0) is 42.0 Å². The van der Waals surface area contributed by atoms with Crippen molar-refractivity contribution in [1.29, 1.82) is 0 Å². The minimum absolute atomic E-state index is 0.0287. The number of hydrogen-bond acceptors (Lipinski definition) is 4. The molecular weight excluding hydrogens is 319 g/mol. The first-order valence-electron chi connectivity index (χ1n) is 7.04. The van der Waals surface area contributed by atoms with Gasteiger partial charge in [-0.25, -0.2) is 4.39 Å². The third-order valence-corrected chi connectivity index (χ3v) is 4.83. The van der Waals surface area contributed by atoms with Crippen LogP contribution in [0.4, 0.5) is 4.39 Å². The molecule has 0 aliphatic carbocycles. The Kier molecular flexibility index (Phi) is 5.06. The smallest absolute Gasteiger partial charge is 0.297 e. The van der Waals surface area contributed by atoms with Crippen LogP contribution in [0.25, 0.3) is 0 Å². The quantitative estimate of drug-likeness (QED) is 0.756. The molecule has 0 aliphatic rings. The monoisotopic (exact) mass is 338 g/mol. The maximum atomic E-state index is 12.9. The Morgan fingerprint density at radius 2 is 1.57 bits per heavy atom. The van der Waals surface area contributed by atoms with Crippen molar-refractivity contribution in [1.82, 2.24) is 0 Å². The lowest BCUT2D eigenvalue weighted by molar-refractivity contribution is 0.245. The van der Waals surface area contributed by atoms with Crippen LogP contribution in [0.1, 0.15) is 19.4 Å². The van der Waals surface area contributed by atoms with Crippen molar-refractivity contribution >= 4 is 10.1 Å². The van der Waals surface area contributed by atoms with Crippen molar-refractivity contribution < 1.29 is 21.7 Å². The molecule has 0 unspecified atom stereocenters. The maximum Gasteiger partial charge on any atom is 0.297 e. The van der Waals surface area contributed by atoms with E-state index in [4.69, 9.17) is 8.92 Å². The molecule has 0 bridgehead atoms. The molecule has 0 spiro atoms. The molecule has 6 heteroatoms. The summed E-state index contributed by atoms with van der Waals surface area (Å²) in [6.07, 6.45) is 0. The van der Waals surface area contributed by atoms with Crippen LogP contribution in [0.5, 0.6) is 5.75 Å². The largest absolute Gasteiger partial charge is 0.497 e. The lowest BCUT2D eigenvalue weighted by Gasteiger charge is -2.25. The van der Waals surface area contributed by atoms with Crippen LogP contribution in [0.15, 0.2) is 53.4 Å². The molecule has 2 rings (SSSR count).